The first kappa shape index (κ1) is 16.6. The van der Waals surface area contributed by atoms with Crippen LogP contribution >= 0.6 is 0 Å². The predicted molar refractivity (Wildman–Crippen MR) is 93.8 cm³/mol. The van der Waals surface area contributed by atoms with Crippen LogP contribution in [0.15, 0.2) is 30.5 Å². The summed E-state index contributed by atoms with van der Waals surface area (Å²) in [5.74, 6) is 0.863. The van der Waals surface area contributed by atoms with Crippen molar-refractivity contribution in [3.63, 3.8) is 0 Å². The Kier molecular flexibility index (Phi) is 6.46. The van der Waals surface area contributed by atoms with Gasteiger partial charge in [-0.25, -0.2) is 0 Å². The van der Waals surface area contributed by atoms with Gasteiger partial charge in [-0.2, -0.15) is 0 Å². The smallest absolute Gasteiger partial charge is 0.121 e. The van der Waals surface area contributed by atoms with Gasteiger partial charge in [-0.3, -0.25) is 4.98 Å². The molecule has 0 radical (unpaired) electrons. The SMILES string of the molecule is CCN[C@H](CC)CCCNc1cc(OC)cc2cccnc12. The molecular weight excluding hydrogens is 274 g/mol. The fourth-order valence-corrected chi connectivity index (χ4v) is 2.73. The topological polar surface area (TPSA) is 46.2 Å². The summed E-state index contributed by atoms with van der Waals surface area (Å²) >= 11 is 0. The van der Waals surface area contributed by atoms with E-state index in [4.69, 9.17) is 4.74 Å². The molecule has 0 amide bonds. The number of anilines is 1. The molecule has 0 spiro atoms. The summed E-state index contributed by atoms with van der Waals surface area (Å²) in [6.45, 7) is 6.38. The number of ether oxygens (including phenoxy) is 1. The molecule has 0 saturated heterocycles. The van der Waals surface area contributed by atoms with Crippen LogP contribution in [0.1, 0.15) is 33.1 Å². The summed E-state index contributed by atoms with van der Waals surface area (Å²) in [7, 11) is 1.70. The van der Waals surface area contributed by atoms with Crippen LogP contribution in [0.25, 0.3) is 10.9 Å². The van der Waals surface area contributed by atoms with Crippen LogP contribution in [0.4, 0.5) is 5.69 Å². The minimum Gasteiger partial charge on any atom is -0.497 e. The van der Waals surface area contributed by atoms with Crippen molar-refractivity contribution in [1.29, 1.82) is 0 Å². The largest absolute Gasteiger partial charge is 0.497 e. The monoisotopic (exact) mass is 301 g/mol. The number of aromatic nitrogens is 1. The van der Waals surface area contributed by atoms with Gasteiger partial charge in [0.25, 0.3) is 0 Å². The van der Waals surface area contributed by atoms with E-state index in [-0.39, 0.29) is 0 Å². The maximum atomic E-state index is 5.38. The highest BCUT2D eigenvalue weighted by Gasteiger charge is 2.07. The van der Waals surface area contributed by atoms with Crippen LogP contribution in [0.5, 0.6) is 5.75 Å². The van der Waals surface area contributed by atoms with Gasteiger partial charge in [-0.1, -0.05) is 19.9 Å². The molecule has 0 aliphatic rings. The molecular formula is C18H27N3O. The molecule has 22 heavy (non-hydrogen) atoms. The van der Waals surface area contributed by atoms with Crippen LogP contribution in [0.3, 0.4) is 0 Å². The lowest BCUT2D eigenvalue weighted by Gasteiger charge is -2.16. The summed E-state index contributed by atoms with van der Waals surface area (Å²) in [5, 5.41) is 8.13. The van der Waals surface area contributed by atoms with Gasteiger partial charge in [0.1, 0.15) is 5.75 Å². The Morgan fingerprint density at radius 3 is 2.86 bits per heavy atom. The average Bonchev–Trinajstić information content (AvgIpc) is 2.57. The number of hydrogen-bond donors (Lipinski definition) is 2. The minimum atomic E-state index is 0.618. The molecule has 0 saturated carbocycles. The molecule has 0 aliphatic carbocycles. The standard InChI is InChI=1S/C18H27N3O/c1-4-15(19-5-2)9-7-10-20-17-13-16(22-3)12-14-8-6-11-21-18(14)17/h6,8,11-13,15,19-20H,4-5,7,9-10H2,1-3H3/t15-/m1/s1. The van der Waals surface area contributed by atoms with E-state index in [0.29, 0.717) is 6.04 Å². The summed E-state index contributed by atoms with van der Waals surface area (Å²) in [6, 6.07) is 8.68. The molecule has 2 rings (SSSR count). The van der Waals surface area contributed by atoms with E-state index in [0.717, 1.165) is 41.9 Å². The molecule has 1 aromatic heterocycles. The molecule has 1 heterocycles. The second kappa shape index (κ2) is 8.59. The lowest BCUT2D eigenvalue weighted by molar-refractivity contribution is 0.415. The highest BCUT2D eigenvalue weighted by atomic mass is 16.5. The first-order valence-electron chi connectivity index (χ1n) is 8.18. The van der Waals surface area contributed by atoms with Gasteiger partial charge < -0.3 is 15.4 Å². The summed E-state index contributed by atoms with van der Waals surface area (Å²) < 4.78 is 5.38. The molecule has 2 aromatic rings. The van der Waals surface area contributed by atoms with Gasteiger partial charge in [0.15, 0.2) is 0 Å². The molecule has 120 valence electrons. The normalized spacial score (nSPS) is 12.3. The molecule has 0 aliphatic heterocycles. The Morgan fingerprint density at radius 1 is 1.27 bits per heavy atom. The van der Waals surface area contributed by atoms with Gasteiger partial charge in [0, 0.05) is 30.2 Å². The van der Waals surface area contributed by atoms with Crippen LogP contribution in [0, 0.1) is 0 Å². The quantitative estimate of drug-likeness (QED) is 0.691. The molecule has 4 heteroatoms. The number of methoxy groups -OCH3 is 1. The molecule has 4 nitrogen and oxygen atoms in total. The number of nitrogens with one attached hydrogen (secondary N) is 2. The van der Waals surface area contributed by atoms with E-state index in [2.05, 4.69) is 35.5 Å². The number of nitrogens with zero attached hydrogens (tertiary/aromatic N) is 1. The first-order valence-corrected chi connectivity index (χ1v) is 8.18. The van der Waals surface area contributed by atoms with Crippen LogP contribution in [-0.4, -0.2) is 31.2 Å². The maximum absolute atomic E-state index is 5.38. The average molecular weight is 301 g/mol. The third-order valence-electron chi connectivity index (χ3n) is 3.94. The highest BCUT2D eigenvalue weighted by Crippen LogP contribution is 2.27. The van der Waals surface area contributed by atoms with Crippen molar-refractivity contribution >= 4 is 16.6 Å². The van der Waals surface area contributed by atoms with Crippen LogP contribution in [-0.2, 0) is 0 Å². The zero-order valence-electron chi connectivity index (χ0n) is 13.9. The third kappa shape index (κ3) is 4.34. The predicted octanol–water partition coefficient (Wildman–Crippen LogP) is 3.82. The second-order valence-electron chi connectivity index (χ2n) is 5.48. The molecule has 2 N–H and O–H groups in total. The number of benzene rings is 1. The van der Waals surface area contributed by atoms with Crippen molar-refractivity contribution in [3.8, 4) is 5.75 Å². The molecule has 1 aromatic carbocycles. The summed E-state index contributed by atoms with van der Waals surface area (Å²) in [4.78, 5) is 4.49. The maximum Gasteiger partial charge on any atom is 0.121 e. The van der Waals surface area contributed by atoms with Crippen molar-refractivity contribution < 1.29 is 4.74 Å². The van der Waals surface area contributed by atoms with Crippen molar-refractivity contribution in [2.24, 2.45) is 0 Å². The van der Waals surface area contributed by atoms with Gasteiger partial charge in [-0.05, 0) is 37.9 Å². The van der Waals surface area contributed by atoms with Crippen molar-refractivity contribution in [1.82, 2.24) is 10.3 Å². The van der Waals surface area contributed by atoms with E-state index in [1.807, 2.05) is 24.4 Å². The highest BCUT2D eigenvalue weighted by molar-refractivity contribution is 5.91. The van der Waals surface area contributed by atoms with Gasteiger partial charge in [-0.15, -0.1) is 0 Å². The fraction of sp³-hybridized carbons (Fsp3) is 0.500. The van der Waals surface area contributed by atoms with E-state index < -0.39 is 0 Å². The number of rotatable bonds is 9. The van der Waals surface area contributed by atoms with Gasteiger partial charge in [0.05, 0.1) is 18.3 Å². The Labute approximate surface area is 133 Å². The zero-order valence-corrected chi connectivity index (χ0v) is 13.9. The minimum absolute atomic E-state index is 0.618. The molecule has 0 unspecified atom stereocenters. The van der Waals surface area contributed by atoms with Crippen LogP contribution < -0.4 is 15.4 Å². The Morgan fingerprint density at radius 2 is 2.14 bits per heavy atom. The first-order chi connectivity index (χ1) is 10.8. The number of hydrogen-bond acceptors (Lipinski definition) is 4. The van der Waals surface area contributed by atoms with E-state index >= 15 is 0 Å². The number of pyridine rings is 1. The van der Waals surface area contributed by atoms with Crippen molar-refractivity contribution in [3.05, 3.63) is 30.5 Å². The van der Waals surface area contributed by atoms with Gasteiger partial charge >= 0.3 is 0 Å². The number of fused-ring (bicyclic) bond motifs is 1. The lowest BCUT2D eigenvalue weighted by atomic mass is 10.1. The molecule has 1 atom stereocenters. The van der Waals surface area contributed by atoms with Crippen molar-refractivity contribution in [2.45, 2.75) is 39.2 Å². The third-order valence-corrected chi connectivity index (χ3v) is 3.94. The Balaban J connectivity index is 1.99. The Hall–Kier alpha value is -1.81. The van der Waals surface area contributed by atoms with E-state index in [1.165, 1.54) is 12.8 Å². The molecule has 0 fully saturated rings. The fourth-order valence-electron chi connectivity index (χ4n) is 2.73. The summed E-state index contributed by atoms with van der Waals surface area (Å²) in [6.07, 6.45) is 5.33. The van der Waals surface area contributed by atoms with Crippen molar-refractivity contribution in [2.75, 3.05) is 25.5 Å². The van der Waals surface area contributed by atoms with Crippen LogP contribution in [0.2, 0.25) is 0 Å². The Bertz CT molecular complexity index is 586. The summed E-state index contributed by atoms with van der Waals surface area (Å²) in [5.41, 5.74) is 2.05. The zero-order chi connectivity index (χ0) is 15.8. The lowest BCUT2D eigenvalue weighted by Crippen LogP contribution is -2.28. The second-order valence-corrected chi connectivity index (χ2v) is 5.48. The van der Waals surface area contributed by atoms with E-state index in [1.54, 1.807) is 7.11 Å². The molecule has 0 bridgehead atoms. The van der Waals surface area contributed by atoms with E-state index in [9.17, 15) is 0 Å². The van der Waals surface area contributed by atoms with Gasteiger partial charge in [0.2, 0.25) is 0 Å².